The molecule has 1 aliphatic rings. The molecule has 4 rings (SSSR count). The van der Waals surface area contributed by atoms with Gasteiger partial charge in [-0.25, -0.2) is 0 Å². The highest BCUT2D eigenvalue weighted by Crippen LogP contribution is 2.35. The van der Waals surface area contributed by atoms with E-state index < -0.39 is 10.8 Å². The summed E-state index contributed by atoms with van der Waals surface area (Å²) in [6.45, 7) is 0.780. The molecule has 0 radical (unpaired) electrons. The van der Waals surface area contributed by atoms with Gasteiger partial charge in [0.2, 0.25) is 0 Å². The lowest BCUT2D eigenvalue weighted by Gasteiger charge is -2.29. The third kappa shape index (κ3) is 6.60. The molecule has 1 amide bonds. The summed E-state index contributed by atoms with van der Waals surface area (Å²) in [6.07, 6.45) is 3.25. The van der Waals surface area contributed by atoms with Crippen molar-refractivity contribution in [2.24, 2.45) is 0 Å². The van der Waals surface area contributed by atoms with Gasteiger partial charge in [0.1, 0.15) is 12.2 Å². The number of nitrogens with zero attached hydrogens (tertiary/aromatic N) is 1. The number of nitro groups is 1. The summed E-state index contributed by atoms with van der Waals surface area (Å²) in [6, 6.07) is 22.0. The fraction of sp³-hybridized carbons (Fsp3) is 0.321. The van der Waals surface area contributed by atoms with Gasteiger partial charge in [0.05, 0.1) is 30.8 Å². The minimum Gasteiger partial charge on any atom is -0.493 e. The van der Waals surface area contributed by atoms with Crippen LogP contribution in [0.1, 0.15) is 47.2 Å². The molecule has 0 saturated heterocycles. The van der Waals surface area contributed by atoms with Crippen LogP contribution in [0.4, 0.5) is 5.69 Å². The van der Waals surface area contributed by atoms with Crippen LogP contribution in [0, 0.1) is 10.1 Å². The van der Waals surface area contributed by atoms with Gasteiger partial charge in [-0.05, 0) is 36.8 Å². The number of carbonyl (C=O) groups excluding carboxylic acids is 1. The minimum absolute atomic E-state index is 0.0497. The van der Waals surface area contributed by atoms with Crippen LogP contribution in [0.25, 0.3) is 0 Å². The van der Waals surface area contributed by atoms with Gasteiger partial charge in [-0.1, -0.05) is 60.7 Å². The monoisotopic (exact) mass is 490 g/mol. The van der Waals surface area contributed by atoms with E-state index in [-0.39, 0.29) is 41.5 Å². The maximum Gasteiger partial charge on any atom is 0.286 e. The predicted molar refractivity (Wildman–Crippen MR) is 135 cm³/mol. The molecular formula is C28H30N2O6. The van der Waals surface area contributed by atoms with E-state index in [1.54, 1.807) is 0 Å². The average molecular weight is 491 g/mol. The first-order chi connectivity index (χ1) is 17.5. The second-order valence-electron chi connectivity index (χ2n) is 8.80. The number of hydrogen-bond acceptors (Lipinski definition) is 6. The number of ether oxygens (including phenoxy) is 3. The standard InChI is InChI=1S/C28H30N2O6/c1-34-26-16-24(25(30(32)33)17-27(26)36-19-21-10-6-3-7-11-21)28(31)29-22-12-14-23(15-13-22)35-18-20-8-4-2-5-9-20/h2-11,16-17,22-23H,12-15,18-19H2,1H3,(H,29,31). The van der Waals surface area contributed by atoms with Crippen LogP contribution in [0.5, 0.6) is 11.5 Å². The van der Waals surface area contributed by atoms with E-state index >= 15 is 0 Å². The minimum atomic E-state index is -0.571. The Morgan fingerprint density at radius 1 is 0.917 bits per heavy atom. The fourth-order valence-corrected chi connectivity index (χ4v) is 4.32. The largest absolute Gasteiger partial charge is 0.493 e. The molecule has 188 valence electrons. The van der Waals surface area contributed by atoms with E-state index in [9.17, 15) is 14.9 Å². The summed E-state index contributed by atoms with van der Waals surface area (Å²) in [5.41, 5.74) is 1.67. The van der Waals surface area contributed by atoms with E-state index in [0.29, 0.717) is 6.61 Å². The van der Waals surface area contributed by atoms with Gasteiger partial charge in [0, 0.05) is 12.1 Å². The lowest BCUT2D eigenvalue weighted by atomic mass is 9.92. The highest BCUT2D eigenvalue weighted by atomic mass is 16.6. The molecule has 1 saturated carbocycles. The Labute approximate surface area is 210 Å². The quantitative estimate of drug-likeness (QED) is 0.300. The highest BCUT2D eigenvalue weighted by Gasteiger charge is 2.28. The Kier molecular flexibility index (Phi) is 8.52. The molecule has 0 unspecified atom stereocenters. The third-order valence-electron chi connectivity index (χ3n) is 6.30. The zero-order valence-corrected chi connectivity index (χ0v) is 20.2. The number of methoxy groups -OCH3 is 1. The Morgan fingerprint density at radius 2 is 1.53 bits per heavy atom. The molecule has 0 bridgehead atoms. The molecule has 1 aliphatic carbocycles. The first kappa shape index (κ1) is 25.2. The van der Waals surface area contributed by atoms with Gasteiger partial charge in [0.15, 0.2) is 11.5 Å². The third-order valence-corrected chi connectivity index (χ3v) is 6.30. The van der Waals surface area contributed by atoms with Crippen molar-refractivity contribution in [3.05, 3.63) is 99.6 Å². The van der Waals surface area contributed by atoms with Gasteiger partial charge in [-0.15, -0.1) is 0 Å². The average Bonchev–Trinajstić information content (AvgIpc) is 2.92. The van der Waals surface area contributed by atoms with Crippen LogP contribution >= 0.6 is 0 Å². The van der Waals surface area contributed by atoms with Crippen molar-refractivity contribution >= 4 is 11.6 Å². The first-order valence-corrected chi connectivity index (χ1v) is 12.0. The number of benzene rings is 3. The van der Waals surface area contributed by atoms with Gasteiger partial charge < -0.3 is 19.5 Å². The maximum absolute atomic E-state index is 13.0. The van der Waals surface area contributed by atoms with Gasteiger partial charge >= 0.3 is 0 Å². The zero-order valence-electron chi connectivity index (χ0n) is 20.2. The van der Waals surface area contributed by atoms with E-state index in [2.05, 4.69) is 5.32 Å². The summed E-state index contributed by atoms with van der Waals surface area (Å²) in [4.78, 5) is 24.3. The molecule has 1 N–H and O–H groups in total. The van der Waals surface area contributed by atoms with E-state index in [1.165, 1.54) is 19.2 Å². The second-order valence-corrected chi connectivity index (χ2v) is 8.80. The summed E-state index contributed by atoms with van der Waals surface area (Å²) in [5, 5.41) is 14.7. The molecule has 0 spiro atoms. The second kappa shape index (κ2) is 12.2. The number of nitro benzene ring substituents is 1. The number of carbonyl (C=O) groups is 1. The maximum atomic E-state index is 13.0. The zero-order chi connectivity index (χ0) is 25.3. The Bertz CT molecular complexity index is 1160. The SMILES string of the molecule is COc1cc(C(=O)NC2CCC(OCc3ccccc3)CC2)c([N+](=O)[O-])cc1OCc1ccccc1. The number of nitrogens with one attached hydrogen (secondary N) is 1. The van der Waals surface area contributed by atoms with Crippen LogP contribution in [0.2, 0.25) is 0 Å². The molecule has 3 aromatic rings. The molecule has 0 aromatic heterocycles. The summed E-state index contributed by atoms with van der Waals surface area (Å²) in [7, 11) is 1.44. The van der Waals surface area contributed by atoms with Crippen LogP contribution in [-0.2, 0) is 18.0 Å². The lowest BCUT2D eigenvalue weighted by Crippen LogP contribution is -2.39. The molecule has 1 fully saturated rings. The summed E-state index contributed by atoms with van der Waals surface area (Å²) >= 11 is 0. The lowest BCUT2D eigenvalue weighted by molar-refractivity contribution is -0.385. The number of hydrogen-bond donors (Lipinski definition) is 1. The van der Waals surface area contributed by atoms with E-state index in [0.717, 1.165) is 36.8 Å². The number of rotatable bonds is 10. The molecule has 8 heteroatoms. The predicted octanol–water partition coefficient (Wildman–Crippen LogP) is 5.44. The van der Waals surface area contributed by atoms with Crippen LogP contribution in [0.3, 0.4) is 0 Å². The Morgan fingerprint density at radius 3 is 2.11 bits per heavy atom. The molecule has 0 heterocycles. The Hall–Kier alpha value is -3.91. The topological polar surface area (TPSA) is 99.9 Å². The van der Waals surface area contributed by atoms with Gasteiger partial charge in [0.25, 0.3) is 11.6 Å². The van der Waals surface area contributed by atoms with Crippen molar-refractivity contribution < 1.29 is 23.9 Å². The van der Waals surface area contributed by atoms with Gasteiger partial charge in [-0.2, -0.15) is 0 Å². The van der Waals surface area contributed by atoms with Crippen molar-refractivity contribution in [1.29, 1.82) is 0 Å². The van der Waals surface area contributed by atoms with Crippen LogP contribution in [-0.4, -0.2) is 30.1 Å². The van der Waals surface area contributed by atoms with Crippen LogP contribution in [0.15, 0.2) is 72.8 Å². The fourth-order valence-electron chi connectivity index (χ4n) is 4.32. The Balaban J connectivity index is 1.37. The van der Waals surface area contributed by atoms with Crippen LogP contribution < -0.4 is 14.8 Å². The summed E-state index contributed by atoms with van der Waals surface area (Å²) < 4.78 is 17.2. The van der Waals surface area contributed by atoms with Crippen molar-refractivity contribution in [1.82, 2.24) is 5.32 Å². The highest BCUT2D eigenvalue weighted by molar-refractivity contribution is 5.99. The van der Waals surface area contributed by atoms with Crippen molar-refractivity contribution in [3.63, 3.8) is 0 Å². The molecule has 0 aliphatic heterocycles. The first-order valence-electron chi connectivity index (χ1n) is 12.0. The molecule has 0 atom stereocenters. The van der Waals surface area contributed by atoms with Crippen molar-refractivity contribution in [2.45, 2.75) is 51.0 Å². The molecular weight excluding hydrogens is 460 g/mol. The van der Waals surface area contributed by atoms with E-state index in [1.807, 2.05) is 60.7 Å². The number of amides is 1. The van der Waals surface area contributed by atoms with Gasteiger partial charge in [-0.3, -0.25) is 14.9 Å². The molecule has 36 heavy (non-hydrogen) atoms. The van der Waals surface area contributed by atoms with Crippen molar-refractivity contribution in [3.8, 4) is 11.5 Å². The smallest absolute Gasteiger partial charge is 0.286 e. The molecule has 8 nitrogen and oxygen atoms in total. The molecule has 3 aromatic carbocycles. The van der Waals surface area contributed by atoms with E-state index in [4.69, 9.17) is 14.2 Å². The summed E-state index contributed by atoms with van der Waals surface area (Å²) in [5.74, 6) is -0.0244. The van der Waals surface area contributed by atoms with Crippen molar-refractivity contribution in [2.75, 3.05) is 7.11 Å². The normalized spacial score (nSPS) is 17.2.